The molecule has 4 nitrogen and oxygen atoms in total. The first-order chi connectivity index (χ1) is 9.43. The summed E-state index contributed by atoms with van der Waals surface area (Å²) in [6.45, 7) is 2.14. The van der Waals surface area contributed by atoms with Gasteiger partial charge in [0, 0.05) is 30.8 Å². The molecule has 0 saturated carbocycles. The van der Waals surface area contributed by atoms with Crippen molar-refractivity contribution in [3.05, 3.63) is 29.6 Å². The lowest BCUT2D eigenvalue weighted by atomic mass is 9.97. The monoisotopic (exact) mass is 254 g/mol. The van der Waals surface area contributed by atoms with E-state index in [4.69, 9.17) is 0 Å². The quantitative estimate of drug-likeness (QED) is 0.850. The van der Waals surface area contributed by atoms with Crippen molar-refractivity contribution < 1.29 is 0 Å². The second-order valence-electron chi connectivity index (χ2n) is 5.41. The van der Waals surface area contributed by atoms with Crippen molar-refractivity contribution in [1.82, 2.24) is 14.8 Å². The van der Waals surface area contributed by atoms with Crippen LogP contribution >= 0.6 is 0 Å². The van der Waals surface area contributed by atoms with E-state index in [2.05, 4.69) is 38.3 Å². The predicted octanol–water partition coefficient (Wildman–Crippen LogP) is 2.64. The van der Waals surface area contributed by atoms with Crippen molar-refractivity contribution in [3.63, 3.8) is 0 Å². The Balaban J connectivity index is 1.86. The Kier molecular flexibility index (Phi) is 2.53. The molecule has 0 saturated heterocycles. The van der Waals surface area contributed by atoms with Gasteiger partial charge in [-0.2, -0.15) is 0 Å². The van der Waals surface area contributed by atoms with Crippen LogP contribution in [0.25, 0.3) is 11.4 Å². The molecule has 0 unspecified atom stereocenters. The van der Waals surface area contributed by atoms with Gasteiger partial charge in [-0.15, -0.1) is 10.2 Å². The second-order valence-corrected chi connectivity index (χ2v) is 5.41. The number of benzene rings is 1. The second kappa shape index (κ2) is 4.37. The van der Waals surface area contributed by atoms with Crippen LogP contribution in [0.1, 0.15) is 30.7 Å². The van der Waals surface area contributed by atoms with Gasteiger partial charge in [-0.25, -0.2) is 0 Å². The van der Waals surface area contributed by atoms with E-state index in [1.807, 2.05) is 0 Å². The molecule has 98 valence electrons. The van der Waals surface area contributed by atoms with Crippen LogP contribution in [0.3, 0.4) is 0 Å². The van der Waals surface area contributed by atoms with E-state index in [-0.39, 0.29) is 0 Å². The van der Waals surface area contributed by atoms with Crippen molar-refractivity contribution in [1.29, 1.82) is 0 Å². The number of rotatable bonds is 1. The Bertz CT molecular complexity index is 615. The van der Waals surface area contributed by atoms with Crippen LogP contribution in [0.2, 0.25) is 0 Å². The topological polar surface area (TPSA) is 42.7 Å². The van der Waals surface area contributed by atoms with Gasteiger partial charge in [-0.3, -0.25) is 0 Å². The minimum Gasteiger partial charge on any atom is -0.385 e. The zero-order chi connectivity index (χ0) is 12.7. The number of hydrogen-bond acceptors (Lipinski definition) is 3. The molecule has 3 heterocycles. The Hall–Kier alpha value is -1.84. The average molecular weight is 254 g/mol. The number of aromatic nitrogens is 3. The lowest BCUT2D eigenvalue weighted by Gasteiger charge is -2.21. The Labute approximate surface area is 112 Å². The lowest BCUT2D eigenvalue weighted by molar-refractivity contribution is 0.525. The highest BCUT2D eigenvalue weighted by Crippen LogP contribution is 2.32. The maximum atomic E-state index is 4.46. The SMILES string of the molecule is c1cc2c(c(-c3nnc4n3CCCC4)c1)CCCN2. The molecule has 0 radical (unpaired) electrons. The molecular formula is C15H18N4. The molecule has 1 aromatic carbocycles. The Morgan fingerprint density at radius 2 is 2.05 bits per heavy atom. The summed E-state index contributed by atoms with van der Waals surface area (Å²) in [5, 5.41) is 12.3. The fourth-order valence-corrected chi connectivity index (χ4v) is 3.23. The fourth-order valence-electron chi connectivity index (χ4n) is 3.23. The van der Waals surface area contributed by atoms with Crippen LogP contribution in [0, 0.1) is 0 Å². The summed E-state index contributed by atoms with van der Waals surface area (Å²) in [7, 11) is 0. The summed E-state index contributed by atoms with van der Waals surface area (Å²) in [5.74, 6) is 2.22. The van der Waals surface area contributed by atoms with Crippen LogP contribution in [-0.2, 0) is 19.4 Å². The summed E-state index contributed by atoms with van der Waals surface area (Å²) in [6.07, 6.45) is 5.89. The van der Waals surface area contributed by atoms with E-state index in [1.54, 1.807) is 0 Å². The molecule has 1 N–H and O–H groups in total. The lowest BCUT2D eigenvalue weighted by Crippen LogP contribution is -2.15. The molecule has 0 amide bonds. The van der Waals surface area contributed by atoms with Gasteiger partial charge in [0.1, 0.15) is 5.82 Å². The first kappa shape index (κ1) is 11.0. The minimum absolute atomic E-state index is 1.06. The number of aryl methyl sites for hydroxylation is 1. The summed E-state index contributed by atoms with van der Waals surface area (Å²) < 4.78 is 2.31. The highest BCUT2D eigenvalue weighted by atomic mass is 15.3. The number of fused-ring (bicyclic) bond motifs is 2. The number of hydrogen-bond donors (Lipinski definition) is 1. The molecule has 0 fully saturated rings. The van der Waals surface area contributed by atoms with E-state index >= 15 is 0 Å². The number of nitrogens with one attached hydrogen (secondary N) is 1. The maximum Gasteiger partial charge on any atom is 0.164 e. The van der Waals surface area contributed by atoms with Crippen LogP contribution < -0.4 is 5.32 Å². The first-order valence-corrected chi connectivity index (χ1v) is 7.22. The van der Waals surface area contributed by atoms with E-state index in [0.717, 1.165) is 37.6 Å². The third kappa shape index (κ3) is 1.74. The van der Waals surface area contributed by atoms with Gasteiger partial charge >= 0.3 is 0 Å². The van der Waals surface area contributed by atoms with E-state index in [0.29, 0.717) is 0 Å². The normalized spacial score (nSPS) is 17.5. The Morgan fingerprint density at radius 1 is 1.05 bits per heavy atom. The van der Waals surface area contributed by atoms with Gasteiger partial charge in [-0.1, -0.05) is 12.1 Å². The molecule has 0 aliphatic carbocycles. The van der Waals surface area contributed by atoms with Gasteiger partial charge < -0.3 is 9.88 Å². The molecule has 0 bridgehead atoms. The molecular weight excluding hydrogens is 236 g/mol. The van der Waals surface area contributed by atoms with Crippen molar-refractivity contribution in [2.24, 2.45) is 0 Å². The van der Waals surface area contributed by atoms with Gasteiger partial charge in [0.15, 0.2) is 5.82 Å². The summed E-state index contributed by atoms with van der Waals surface area (Å²) in [4.78, 5) is 0. The van der Waals surface area contributed by atoms with Crippen molar-refractivity contribution >= 4 is 5.69 Å². The van der Waals surface area contributed by atoms with Gasteiger partial charge in [0.05, 0.1) is 0 Å². The largest absolute Gasteiger partial charge is 0.385 e. The molecule has 4 rings (SSSR count). The highest BCUT2D eigenvalue weighted by molar-refractivity contribution is 5.71. The number of anilines is 1. The molecule has 19 heavy (non-hydrogen) atoms. The van der Waals surface area contributed by atoms with E-state index in [9.17, 15) is 0 Å². The maximum absolute atomic E-state index is 4.46. The molecule has 4 heteroatoms. The van der Waals surface area contributed by atoms with Crippen molar-refractivity contribution in [2.75, 3.05) is 11.9 Å². The summed E-state index contributed by atoms with van der Waals surface area (Å²) in [6, 6.07) is 6.49. The summed E-state index contributed by atoms with van der Waals surface area (Å²) >= 11 is 0. The van der Waals surface area contributed by atoms with Crippen LogP contribution in [0.5, 0.6) is 0 Å². The first-order valence-electron chi connectivity index (χ1n) is 7.22. The molecule has 2 aliphatic rings. The molecule has 1 aromatic heterocycles. The van der Waals surface area contributed by atoms with Crippen molar-refractivity contribution in [3.8, 4) is 11.4 Å². The molecule has 2 aromatic rings. The summed E-state index contributed by atoms with van der Waals surface area (Å²) in [5.41, 5.74) is 3.96. The molecule has 2 aliphatic heterocycles. The van der Waals surface area contributed by atoms with Crippen LogP contribution in [0.15, 0.2) is 18.2 Å². The molecule has 0 atom stereocenters. The third-order valence-electron chi connectivity index (χ3n) is 4.20. The standard InChI is InChI=1S/C15H18N4/c1-2-10-19-14(8-1)17-18-15(19)12-5-3-7-13-11(12)6-4-9-16-13/h3,5,7,16H,1-2,4,6,8-10H2. The third-order valence-corrected chi connectivity index (χ3v) is 4.20. The zero-order valence-electron chi connectivity index (χ0n) is 11.0. The van der Waals surface area contributed by atoms with Gasteiger partial charge in [0.2, 0.25) is 0 Å². The van der Waals surface area contributed by atoms with Crippen LogP contribution in [0.4, 0.5) is 5.69 Å². The number of nitrogens with zero attached hydrogens (tertiary/aromatic N) is 3. The zero-order valence-corrected chi connectivity index (χ0v) is 11.0. The van der Waals surface area contributed by atoms with E-state index in [1.165, 1.54) is 36.1 Å². The minimum atomic E-state index is 1.06. The molecule has 0 spiro atoms. The predicted molar refractivity (Wildman–Crippen MR) is 75.2 cm³/mol. The Morgan fingerprint density at radius 3 is 3.05 bits per heavy atom. The fraction of sp³-hybridized carbons (Fsp3) is 0.467. The van der Waals surface area contributed by atoms with Gasteiger partial charge in [0.25, 0.3) is 0 Å². The van der Waals surface area contributed by atoms with Gasteiger partial charge in [-0.05, 0) is 37.3 Å². The van der Waals surface area contributed by atoms with Crippen LogP contribution in [-0.4, -0.2) is 21.3 Å². The van der Waals surface area contributed by atoms with Crippen molar-refractivity contribution in [2.45, 2.75) is 38.6 Å². The highest BCUT2D eigenvalue weighted by Gasteiger charge is 2.21. The van der Waals surface area contributed by atoms with E-state index < -0.39 is 0 Å². The average Bonchev–Trinajstić information content (AvgIpc) is 2.90. The smallest absolute Gasteiger partial charge is 0.164 e.